The van der Waals surface area contributed by atoms with Gasteiger partial charge in [-0.25, -0.2) is 0 Å². The minimum absolute atomic E-state index is 0.0686. The van der Waals surface area contributed by atoms with Crippen molar-refractivity contribution in [3.63, 3.8) is 0 Å². The van der Waals surface area contributed by atoms with Gasteiger partial charge in [0.2, 0.25) is 5.91 Å². The molecule has 4 N–H and O–H groups in total. The van der Waals surface area contributed by atoms with Gasteiger partial charge in [-0.2, -0.15) is 0 Å². The molecule has 4 aliphatic carbocycles. The van der Waals surface area contributed by atoms with Crippen LogP contribution in [0.5, 0.6) is 0 Å². The van der Waals surface area contributed by atoms with Gasteiger partial charge >= 0.3 is 5.97 Å². The number of hydrogen-bond donors (Lipinski definition) is 4. The highest BCUT2D eigenvalue weighted by Crippen LogP contribution is 2.74. The Balaban J connectivity index is 1.59. The summed E-state index contributed by atoms with van der Waals surface area (Å²) in [7, 11) is 0. The molecule has 7 nitrogen and oxygen atoms in total. The van der Waals surface area contributed by atoms with Gasteiger partial charge in [0, 0.05) is 19.1 Å². The number of amides is 1. The highest BCUT2D eigenvalue weighted by molar-refractivity contribution is 5.87. The number of allylic oxidation sites excluding steroid dienone is 1. The summed E-state index contributed by atoms with van der Waals surface area (Å²) in [6, 6.07) is 0. The van der Waals surface area contributed by atoms with Crippen molar-refractivity contribution < 1.29 is 29.6 Å². The molecule has 0 unspecified atom stereocenters. The average Bonchev–Trinajstić information content (AvgIpc) is 3.14. The lowest BCUT2D eigenvalue weighted by Gasteiger charge is -2.42. The summed E-state index contributed by atoms with van der Waals surface area (Å²) in [6.07, 6.45) is 3.88. The van der Waals surface area contributed by atoms with Gasteiger partial charge in [0.15, 0.2) is 0 Å². The van der Waals surface area contributed by atoms with Crippen LogP contribution < -0.4 is 5.32 Å². The van der Waals surface area contributed by atoms with Gasteiger partial charge in [-0.05, 0) is 68.4 Å². The normalized spacial score (nSPS) is 48.1. The van der Waals surface area contributed by atoms with Crippen LogP contribution in [-0.4, -0.2) is 58.2 Å². The first-order valence-corrected chi connectivity index (χ1v) is 11.1. The molecule has 1 amide bonds. The highest BCUT2D eigenvalue weighted by Gasteiger charge is 2.75. The number of aliphatic hydroxyl groups is 3. The highest BCUT2D eigenvalue weighted by atomic mass is 16.6. The molecule has 30 heavy (non-hydrogen) atoms. The second-order valence-corrected chi connectivity index (χ2v) is 10.3. The van der Waals surface area contributed by atoms with Crippen molar-refractivity contribution in [1.82, 2.24) is 5.32 Å². The second-order valence-electron chi connectivity index (χ2n) is 10.3. The van der Waals surface area contributed by atoms with Crippen LogP contribution in [0.4, 0.5) is 0 Å². The van der Waals surface area contributed by atoms with Crippen LogP contribution >= 0.6 is 0 Å². The van der Waals surface area contributed by atoms with Crippen LogP contribution in [0, 0.1) is 28.6 Å². The van der Waals surface area contributed by atoms with Crippen molar-refractivity contribution in [3.8, 4) is 0 Å². The summed E-state index contributed by atoms with van der Waals surface area (Å²) in [5, 5.41) is 34.1. The van der Waals surface area contributed by atoms with Crippen LogP contribution in [-0.2, 0) is 14.3 Å². The Labute approximate surface area is 176 Å². The van der Waals surface area contributed by atoms with E-state index in [1.807, 2.05) is 6.08 Å². The molecule has 0 aromatic rings. The van der Waals surface area contributed by atoms with E-state index in [1.54, 1.807) is 6.92 Å². The Kier molecular flexibility index (Phi) is 4.32. The Morgan fingerprint density at radius 1 is 1.40 bits per heavy atom. The maximum absolute atomic E-state index is 13.6. The SMILES string of the molecule is C=C1C[C@]23C[C@@]1(O)CC[C@H]2C1=C[C@@H]2OC(=O)[C@@](C)([C@H]1[C@@H]3C(=O)NCCCCO)[C@H]2O. The Morgan fingerprint density at radius 2 is 2.17 bits per heavy atom. The Hall–Kier alpha value is -1.70. The van der Waals surface area contributed by atoms with Crippen molar-refractivity contribution >= 4 is 11.9 Å². The Morgan fingerprint density at radius 3 is 2.90 bits per heavy atom. The molecule has 5 rings (SSSR count). The number of carbonyl (C=O) groups is 2. The minimum Gasteiger partial charge on any atom is -0.455 e. The monoisotopic (exact) mass is 417 g/mol. The largest absolute Gasteiger partial charge is 0.455 e. The molecule has 3 saturated carbocycles. The summed E-state index contributed by atoms with van der Waals surface area (Å²) in [6.45, 7) is 6.40. The summed E-state index contributed by atoms with van der Waals surface area (Å²) in [4.78, 5) is 26.5. The van der Waals surface area contributed by atoms with Crippen molar-refractivity contribution in [2.75, 3.05) is 13.2 Å². The number of fused-ring (bicyclic) bond motifs is 6. The van der Waals surface area contributed by atoms with Gasteiger partial charge < -0.3 is 25.4 Å². The van der Waals surface area contributed by atoms with Crippen LogP contribution in [0.2, 0.25) is 0 Å². The fraction of sp³-hybridized carbons (Fsp3) is 0.739. The summed E-state index contributed by atoms with van der Waals surface area (Å²) >= 11 is 0. The third-order valence-electron chi connectivity index (χ3n) is 8.85. The van der Waals surface area contributed by atoms with E-state index in [0.717, 1.165) is 17.6 Å². The molecule has 5 aliphatic rings. The van der Waals surface area contributed by atoms with Crippen LogP contribution in [0.15, 0.2) is 23.8 Å². The third-order valence-corrected chi connectivity index (χ3v) is 8.85. The van der Waals surface area contributed by atoms with E-state index in [9.17, 15) is 19.8 Å². The number of rotatable bonds is 5. The number of unbranched alkanes of at least 4 members (excludes halogenated alkanes) is 1. The van der Waals surface area contributed by atoms with Crippen LogP contribution in [0.3, 0.4) is 0 Å². The lowest BCUT2D eigenvalue weighted by atomic mass is 9.60. The predicted octanol–water partition coefficient (Wildman–Crippen LogP) is 0.831. The standard InChI is InChI=1S/C23H31NO6/c1-12-10-22-11-23(12,29)6-5-14(22)13-9-15-18(26)21(2,20(28)30-15)16(13)17(22)19(27)24-7-3-4-8-25/h9,14-18,25-26,29H,1,3-8,10-11H2,2H3,(H,24,27)/t14-,15-,16+,17+,18-,21-,22-,23-/m0/s1. The number of carbonyl (C=O) groups excluding carboxylic acids is 2. The van der Waals surface area contributed by atoms with E-state index >= 15 is 0 Å². The first-order valence-electron chi connectivity index (χ1n) is 11.1. The molecule has 0 aromatic heterocycles. The topological polar surface area (TPSA) is 116 Å². The molecule has 1 aliphatic heterocycles. The van der Waals surface area contributed by atoms with E-state index < -0.39 is 46.4 Å². The molecular weight excluding hydrogens is 386 g/mol. The predicted molar refractivity (Wildman–Crippen MR) is 107 cm³/mol. The molecule has 1 heterocycles. The van der Waals surface area contributed by atoms with Gasteiger partial charge in [-0.15, -0.1) is 0 Å². The zero-order chi connectivity index (χ0) is 21.5. The van der Waals surface area contributed by atoms with E-state index in [0.29, 0.717) is 38.6 Å². The lowest BCUT2D eigenvalue weighted by molar-refractivity contribution is -0.151. The molecule has 0 radical (unpaired) electrons. The molecule has 8 atom stereocenters. The molecular formula is C23H31NO6. The molecule has 7 heteroatoms. The van der Waals surface area contributed by atoms with Crippen molar-refractivity contribution in [2.45, 2.75) is 63.3 Å². The van der Waals surface area contributed by atoms with Gasteiger partial charge in [0.25, 0.3) is 0 Å². The van der Waals surface area contributed by atoms with Gasteiger partial charge in [-0.3, -0.25) is 9.59 Å². The summed E-state index contributed by atoms with van der Waals surface area (Å²) in [5.74, 6) is -1.51. The molecule has 164 valence electrons. The van der Waals surface area contributed by atoms with E-state index in [2.05, 4.69) is 11.9 Å². The smallest absolute Gasteiger partial charge is 0.315 e. The number of ether oxygens (including phenoxy) is 1. The molecule has 1 saturated heterocycles. The quantitative estimate of drug-likeness (QED) is 0.299. The first-order chi connectivity index (χ1) is 14.2. The van der Waals surface area contributed by atoms with Crippen LogP contribution in [0.1, 0.15) is 45.4 Å². The number of esters is 1. The van der Waals surface area contributed by atoms with E-state index in [4.69, 9.17) is 9.84 Å². The zero-order valence-corrected chi connectivity index (χ0v) is 17.4. The summed E-state index contributed by atoms with van der Waals surface area (Å²) in [5.41, 5.74) is -0.795. The fourth-order valence-corrected chi connectivity index (χ4v) is 7.44. The number of nitrogens with one attached hydrogen (secondary N) is 1. The molecule has 0 aromatic carbocycles. The number of hydrogen-bond acceptors (Lipinski definition) is 6. The van der Waals surface area contributed by atoms with Gasteiger partial charge in [0.1, 0.15) is 17.6 Å². The minimum atomic E-state index is -1.17. The van der Waals surface area contributed by atoms with Crippen LogP contribution in [0.25, 0.3) is 0 Å². The first kappa shape index (κ1) is 20.2. The number of aliphatic hydroxyl groups excluding tert-OH is 2. The van der Waals surface area contributed by atoms with Crippen molar-refractivity contribution in [3.05, 3.63) is 23.8 Å². The summed E-state index contributed by atoms with van der Waals surface area (Å²) < 4.78 is 5.48. The fourth-order valence-electron chi connectivity index (χ4n) is 7.44. The van der Waals surface area contributed by atoms with Crippen molar-refractivity contribution in [2.24, 2.45) is 28.6 Å². The Bertz CT molecular complexity index is 853. The maximum atomic E-state index is 13.6. The average molecular weight is 418 g/mol. The van der Waals surface area contributed by atoms with E-state index in [1.165, 1.54) is 0 Å². The van der Waals surface area contributed by atoms with Gasteiger partial charge in [0.05, 0.1) is 11.5 Å². The maximum Gasteiger partial charge on any atom is 0.315 e. The lowest BCUT2D eigenvalue weighted by Crippen LogP contribution is -2.52. The molecule has 1 spiro atoms. The zero-order valence-electron chi connectivity index (χ0n) is 17.4. The second kappa shape index (κ2) is 6.40. The molecule has 4 fully saturated rings. The van der Waals surface area contributed by atoms with Gasteiger partial charge in [-0.1, -0.05) is 12.2 Å². The van der Waals surface area contributed by atoms with Crippen molar-refractivity contribution in [1.29, 1.82) is 0 Å². The van der Waals surface area contributed by atoms with E-state index in [-0.39, 0.29) is 18.4 Å². The third kappa shape index (κ3) is 2.31. The molecule has 4 bridgehead atoms.